The summed E-state index contributed by atoms with van der Waals surface area (Å²) in [5.74, 6) is -1.11. The summed E-state index contributed by atoms with van der Waals surface area (Å²) in [4.78, 5) is 10.4. The second-order valence-electron chi connectivity index (χ2n) is 5.71. The van der Waals surface area contributed by atoms with Gasteiger partial charge < -0.3 is 0 Å². The first kappa shape index (κ1) is 19.7. The first-order valence-corrected chi connectivity index (χ1v) is 15.9. The van der Waals surface area contributed by atoms with Gasteiger partial charge in [-0.25, -0.2) is 0 Å². The summed E-state index contributed by atoms with van der Waals surface area (Å²) in [5.41, 5.74) is 0. The number of rotatable bonds is 12. The van der Waals surface area contributed by atoms with E-state index < -0.39 is 24.3 Å². The van der Waals surface area contributed by atoms with Gasteiger partial charge in [-0.2, -0.15) is 0 Å². The fourth-order valence-corrected chi connectivity index (χ4v) is 16.7. The van der Waals surface area contributed by atoms with Gasteiger partial charge in [0.25, 0.3) is 0 Å². The first-order chi connectivity index (χ1) is 9.60. The van der Waals surface area contributed by atoms with E-state index in [1.165, 1.54) is 51.8 Å². The molecule has 0 amide bonds. The van der Waals surface area contributed by atoms with Gasteiger partial charge in [-0.15, -0.1) is 0 Å². The number of allylic oxidation sites excluding steroid dienone is 2. The minimum atomic E-state index is -2.21. The van der Waals surface area contributed by atoms with Crippen LogP contribution in [0.2, 0.25) is 13.3 Å². The quantitative estimate of drug-likeness (QED) is 0.286. The van der Waals surface area contributed by atoms with Gasteiger partial charge in [0.15, 0.2) is 0 Å². The van der Waals surface area contributed by atoms with Gasteiger partial charge in [0.05, 0.1) is 0 Å². The van der Waals surface area contributed by atoms with Gasteiger partial charge in [0.2, 0.25) is 0 Å². The molecule has 0 saturated heterocycles. The molecular formula is C17H31O2Sn-. The van der Waals surface area contributed by atoms with Crippen molar-refractivity contribution in [3.63, 3.8) is 0 Å². The molecule has 0 spiro atoms. The van der Waals surface area contributed by atoms with E-state index >= 15 is 0 Å². The van der Waals surface area contributed by atoms with Gasteiger partial charge in [-0.1, -0.05) is 0 Å². The van der Waals surface area contributed by atoms with Crippen molar-refractivity contribution in [3.8, 4) is 0 Å². The van der Waals surface area contributed by atoms with Crippen LogP contribution in [0.25, 0.3) is 0 Å². The molecule has 0 radical (unpaired) electrons. The maximum atomic E-state index is 10.4. The first-order valence-electron chi connectivity index (χ1n) is 8.17. The van der Waals surface area contributed by atoms with Crippen molar-refractivity contribution in [2.24, 2.45) is 0 Å². The second kappa shape index (κ2) is 12.5. The SMILES string of the molecule is CCC[CH2][Sn](/[CH]=C/C=C/C(=O)[O-])([CH2]CCC)[CH2]CCC. The van der Waals surface area contributed by atoms with E-state index in [0.717, 1.165) is 6.08 Å². The molecule has 0 aromatic heterocycles. The number of carbonyl (C=O) groups is 1. The molecule has 0 bridgehead atoms. The fourth-order valence-electron chi connectivity index (χ4n) is 2.61. The third-order valence-electron chi connectivity index (χ3n) is 3.88. The third kappa shape index (κ3) is 9.62. The van der Waals surface area contributed by atoms with Crippen LogP contribution >= 0.6 is 0 Å². The molecule has 0 aromatic rings. The number of carbonyl (C=O) groups excluding carboxylic acids is 1. The Balaban J connectivity index is 4.86. The van der Waals surface area contributed by atoms with Crippen LogP contribution in [0.3, 0.4) is 0 Å². The Morgan fingerprint density at radius 3 is 1.70 bits per heavy atom. The molecule has 0 heterocycles. The normalized spacial score (nSPS) is 12.6. The number of unbranched alkanes of at least 4 members (excludes halogenated alkanes) is 3. The average molecular weight is 386 g/mol. The van der Waals surface area contributed by atoms with Crippen molar-refractivity contribution in [1.82, 2.24) is 0 Å². The molecular weight excluding hydrogens is 355 g/mol. The van der Waals surface area contributed by atoms with Crippen LogP contribution in [0.15, 0.2) is 22.3 Å². The summed E-state index contributed by atoms with van der Waals surface area (Å²) in [6.07, 6.45) is 12.6. The summed E-state index contributed by atoms with van der Waals surface area (Å²) >= 11 is -2.21. The number of aliphatic carboxylic acids is 1. The van der Waals surface area contributed by atoms with Crippen LogP contribution in [-0.4, -0.2) is 24.3 Å². The predicted molar refractivity (Wildman–Crippen MR) is 88.2 cm³/mol. The molecule has 0 rings (SSSR count). The van der Waals surface area contributed by atoms with Gasteiger partial charge in [-0.3, -0.25) is 0 Å². The van der Waals surface area contributed by atoms with E-state index in [9.17, 15) is 9.90 Å². The Morgan fingerprint density at radius 1 is 0.900 bits per heavy atom. The number of carboxylic acid groups (broad SMARTS) is 1. The van der Waals surface area contributed by atoms with Crippen molar-refractivity contribution in [2.45, 2.75) is 72.6 Å². The van der Waals surface area contributed by atoms with Crippen LogP contribution in [0.1, 0.15) is 59.3 Å². The van der Waals surface area contributed by atoms with Crippen LogP contribution in [0.5, 0.6) is 0 Å². The molecule has 0 saturated carbocycles. The van der Waals surface area contributed by atoms with Gasteiger partial charge in [0.1, 0.15) is 0 Å². The van der Waals surface area contributed by atoms with Gasteiger partial charge in [0, 0.05) is 0 Å². The Morgan fingerprint density at radius 2 is 1.35 bits per heavy atom. The molecule has 0 N–H and O–H groups in total. The fraction of sp³-hybridized carbons (Fsp3) is 0.706. The van der Waals surface area contributed by atoms with E-state index in [1.807, 2.05) is 6.08 Å². The Labute approximate surface area is 129 Å². The van der Waals surface area contributed by atoms with E-state index in [0.29, 0.717) is 0 Å². The van der Waals surface area contributed by atoms with Crippen LogP contribution < -0.4 is 5.11 Å². The van der Waals surface area contributed by atoms with Crippen molar-refractivity contribution in [3.05, 3.63) is 22.3 Å². The molecule has 0 aliphatic carbocycles. The van der Waals surface area contributed by atoms with Crippen LogP contribution in [0.4, 0.5) is 0 Å². The molecule has 3 heteroatoms. The Kier molecular flexibility index (Phi) is 12.3. The van der Waals surface area contributed by atoms with E-state index in [-0.39, 0.29) is 0 Å². The zero-order valence-corrected chi connectivity index (χ0v) is 16.3. The van der Waals surface area contributed by atoms with Gasteiger partial charge >= 0.3 is 129 Å². The molecule has 116 valence electrons. The summed E-state index contributed by atoms with van der Waals surface area (Å²) in [6, 6.07) is 0. The molecule has 0 aromatic carbocycles. The van der Waals surface area contributed by atoms with E-state index in [2.05, 4.69) is 24.9 Å². The predicted octanol–water partition coefficient (Wildman–Crippen LogP) is 4.24. The standard InChI is InChI=1S/C5H5O2.3C4H9.Sn/c1-2-3-4-5(6)7;3*1-3-4-2;/h1-4H,(H,6,7);3*1,3-4H2,2H3;/p-1/b2-1?,4-3+;;;;. The monoisotopic (exact) mass is 387 g/mol. The molecule has 0 aliphatic rings. The van der Waals surface area contributed by atoms with E-state index in [1.54, 1.807) is 6.08 Å². The number of hydrogen-bond acceptors (Lipinski definition) is 2. The molecule has 0 aliphatic heterocycles. The average Bonchev–Trinajstić information content (AvgIpc) is 2.44. The van der Waals surface area contributed by atoms with Crippen molar-refractivity contribution < 1.29 is 9.90 Å². The van der Waals surface area contributed by atoms with Crippen LogP contribution in [-0.2, 0) is 4.79 Å². The van der Waals surface area contributed by atoms with E-state index in [4.69, 9.17) is 0 Å². The topological polar surface area (TPSA) is 40.1 Å². The molecule has 2 nitrogen and oxygen atoms in total. The summed E-state index contributed by atoms with van der Waals surface area (Å²) in [5, 5.41) is 10.4. The van der Waals surface area contributed by atoms with Crippen molar-refractivity contribution in [2.75, 3.05) is 0 Å². The third-order valence-corrected chi connectivity index (χ3v) is 18.0. The minimum absolute atomic E-state index is 1.11. The molecule has 20 heavy (non-hydrogen) atoms. The molecule has 0 unspecified atom stereocenters. The Bertz CT molecular complexity index is 286. The molecule has 0 atom stereocenters. The maximum absolute atomic E-state index is 10.4. The second-order valence-corrected chi connectivity index (χ2v) is 18.7. The molecule has 0 fully saturated rings. The summed E-state index contributed by atoms with van der Waals surface area (Å²) in [7, 11) is 0. The zero-order chi connectivity index (χ0) is 15.3. The Hall–Kier alpha value is -0.251. The summed E-state index contributed by atoms with van der Waals surface area (Å²) < 4.78 is 6.71. The zero-order valence-electron chi connectivity index (χ0n) is 13.5. The number of carboxylic acids is 1. The van der Waals surface area contributed by atoms with Crippen LogP contribution in [0, 0.1) is 0 Å². The van der Waals surface area contributed by atoms with Gasteiger partial charge in [-0.05, 0) is 0 Å². The number of hydrogen-bond donors (Lipinski definition) is 0. The summed E-state index contributed by atoms with van der Waals surface area (Å²) in [6.45, 7) is 6.78. The van der Waals surface area contributed by atoms with Crippen molar-refractivity contribution in [1.29, 1.82) is 0 Å². The van der Waals surface area contributed by atoms with Crippen molar-refractivity contribution >= 4 is 24.3 Å².